The maximum Gasteiger partial charge on any atom is 0.328 e. The summed E-state index contributed by atoms with van der Waals surface area (Å²) in [6.45, 7) is 5.71. The van der Waals surface area contributed by atoms with Crippen LogP contribution >= 0.6 is 11.6 Å². The molecule has 3 aliphatic heterocycles. The van der Waals surface area contributed by atoms with Gasteiger partial charge in [0.1, 0.15) is 17.3 Å². The van der Waals surface area contributed by atoms with E-state index in [-0.39, 0.29) is 17.7 Å². The number of ether oxygens (including phenoxy) is 1. The number of hydrogen-bond acceptors (Lipinski definition) is 5. The van der Waals surface area contributed by atoms with E-state index in [1.54, 1.807) is 23.1 Å². The first-order valence-corrected chi connectivity index (χ1v) is 12.3. The number of imide groups is 1. The van der Waals surface area contributed by atoms with Crippen LogP contribution in [0.2, 0.25) is 5.02 Å². The highest BCUT2D eigenvalue weighted by atomic mass is 35.5. The summed E-state index contributed by atoms with van der Waals surface area (Å²) in [6, 6.07) is 11.7. The highest BCUT2D eigenvalue weighted by molar-refractivity contribution is 6.31. The molecule has 0 saturated carbocycles. The molecule has 1 aromatic heterocycles. The minimum absolute atomic E-state index is 0.109. The van der Waals surface area contributed by atoms with E-state index in [2.05, 4.69) is 9.88 Å². The van der Waals surface area contributed by atoms with Gasteiger partial charge in [0.15, 0.2) is 0 Å². The lowest BCUT2D eigenvalue weighted by Crippen LogP contribution is -2.53. The number of hydrogen-bond donors (Lipinski definition) is 2. The minimum Gasteiger partial charge on any atom is -0.508 e. The van der Waals surface area contributed by atoms with E-state index >= 15 is 0 Å². The lowest BCUT2D eigenvalue weighted by Gasteiger charge is -2.42. The van der Waals surface area contributed by atoms with Crippen LogP contribution in [0.1, 0.15) is 29.8 Å². The van der Waals surface area contributed by atoms with Gasteiger partial charge in [0.25, 0.3) is 5.91 Å². The molecule has 2 saturated heterocycles. The van der Waals surface area contributed by atoms with Crippen LogP contribution in [0.3, 0.4) is 0 Å². The van der Waals surface area contributed by atoms with Crippen LogP contribution in [0.4, 0.5) is 4.79 Å². The van der Waals surface area contributed by atoms with E-state index in [1.807, 2.05) is 31.2 Å². The number of nitrogens with zero attached hydrogens (tertiary/aromatic N) is 3. The average Bonchev–Trinajstić information content (AvgIpc) is 3.28. The Balaban J connectivity index is 1.45. The molecule has 35 heavy (non-hydrogen) atoms. The van der Waals surface area contributed by atoms with Gasteiger partial charge in [-0.2, -0.15) is 0 Å². The lowest BCUT2D eigenvalue weighted by molar-refractivity contribution is -0.133. The first kappa shape index (κ1) is 22.4. The van der Waals surface area contributed by atoms with Crippen LogP contribution in [-0.2, 0) is 16.0 Å². The highest BCUT2D eigenvalue weighted by Gasteiger charge is 2.60. The summed E-state index contributed by atoms with van der Waals surface area (Å²) < 4.78 is 5.42. The van der Waals surface area contributed by atoms with E-state index in [1.165, 1.54) is 4.90 Å². The number of phenolic OH excluding ortho intramolecular Hbond substituents is 1. The second kappa shape index (κ2) is 8.26. The molecule has 8 nitrogen and oxygen atoms in total. The molecule has 0 unspecified atom stereocenters. The molecule has 3 aromatic rings. The van der Waals surface area contributed by atoms with Crippen LogP contribution < -0.4 is 0 Å². The quantitative estimate of drug-likeness (QED) is 0.542. The van der Waals surface area contributed by atoms with Crippen molar-refractivity contribution in [1.82, 2.24) is 19.7 Å². The summed E-state index contributed by atoms with van der Waals surface area (Å²) in [6.07, 6.45) is 0.386. The van der Waals surface area contributed by atoms with Gasteiger partial charge in [-0.15, -0.1) is 0 Å². The molecule has 0 spiro atoms. The van der Waals surface area contributed by atoms with Gasteiger partial charge >= 0.3 is 6.03 Å². The maximum absolute atomic E-state index is 13.9. The van der Waals surface area contributed by atoms with Gasteiger partial charge in [-0.3, -0.25) is 19.5 Å². The Morgan fingerprint density at radius 1 is 1.14 bits per heavy atom. The summed E-state index contributed by atoms with van der Waals surface area (Å²) in [4.78, 5) is 36.5. The monoisotopic (exact) mass is 494 g/mol. The molecule has 2 atom stereocenters. The van der Waals surface area contributed by atoms with E-state index in [0.717, 1.165) is 40.8 Å². The number of fused-ring (bicyclic) bond motifs is 4. The number of aromatic amines is 1. The van der Waals surface area contributed by atoms with E-state index in [0.29, 0.717) is 37.7 Å². The third kappa shape index (κ3) is 3.51. The number of phenols is 1. The fourth-order valence-corrected chi connectivity index (χ4v) is 5.96. The van der Waals surface area contributed by atoms with Crippen molar-refractivity contribution in [3.63, 3.8) is 0 Å². The molecule has 2 aromatic carbocycles. The molecule has 182 valence electrons. The summed E-state index contributed by atoms with van der Waals surface area (Å²) in [7, 11) is 0. The van der Waals surface area contributed by atoms with Crippen molar-refractivity contribution in [3.8, 4) is 5.75 Å². The van der Waals surface area contributed by atoms with Crippen molar-refractivity contribution >= 4 is 34.4 Å². The van der Waals surface area contributed by atoms with Crippen molar-refractivity contribution in [2.45, 2.75) is 24.9 Å². The standard InChI is InChI=1S/C26H27ClN4O4/c1-26-15-20-19-14-17(27)5-6-21(19)28-22(20)23(16-3-2-4-18(32)13-16)31(26)25(34)30(24(26)33)8-7-29-9-11-35-12-10-29/h2-6,13-14,23,28,32H,7-12,15H2,1H3/t23-,26+/m1/s1. The van der Waals surface area contributed by atoms with Crippen LogP contribution in [-0.4, -0.2) is 81.7 Å². The fourth-order valence-electron chi connectivity index (χ4n) is 5.79. The second-order valence-corrected chi connectivity index (χ2v) is 10.2. The molecule has 6 rings (SSSR count). The number of aromatic hydroxyl groups is 1. The summed E-state index contributed by atoms with van der Waals surface area (Å²) in [5, 5.41) is 11.8. The van der Waals surface area contributed by atoms with Gasteiger partial charge < -0.3 is 14.8 Å². The molecule has 4 heterocycles. The Bertz CT molecular complexity index is 1330. The number of nitrogens with one attached hydrogen (secondary N) is 1. The molecular formula is C26H27ClN4O4. The number of H-pyrrole nitrogens is 1. The number of benzene rings is 2. The Hall–Kier alpha value is -3.07. The van der Waals surface area contributed by atoms with Crippen molar-refractivity contribution in [2.75, 3.05) is 39.4 Å². The zero-order valence-electron chi connectivity index (χ0n) is 19.5. The normalized spacial score (nSPS) is 24.8. The topological polar surface area (TPSA) is 89.1 Å². The van der Waals surface area contributed by atoms with Gasteiger partial charge in [0.2, 0.25) is 0 Å². The molecule has 0 bridgehead atoms. The van der Waals surface area contributed by atoms with Crippen LogP contribution in [0, 0.1) is 0 Å². The molecule has 0 radical (unpaired) electrons. The van der Waals surface area contributed by atoms with Crippen molar-refractivity contribution in [3.05, 3.63) is 64.3 Å². The van der Waals surface area contributed by atoms with E-state index in [9.17, 15) is 14.7 Å². The van der Waals surface area contributed by atoms with Crippen molar-refractivity contribution in [1.29, 1.82) is 0 Å². The van der Waals surface area contributed by atoms with Gasteiger partial charge in [-0.05, 0) is 48.4 Å². The smallest absolute Gasteiger partial charge is 0.328 e. The Morgan fingerprint density at radius 3 is 2.71 bits per heavy atom. The Kier molecular flexibility index (Phi) is 5.28. The SMILES string of the molecule is C[C@@]12Cc3c([nH]c4ccc(Cl)cc34)[C@@H](c3cccc(O)c3)N1C(=O)N(CCN1CCOCC1)C2=O. The number of carbonyl (C=O) groups is 2. The molecule has 3 aliphatic rings. The number of carbonyl (C=O) groups excluding carboxylic acids is 2. The molecule has 9 heteroatoms. The highest BCUT2D eigenvalue weighted by Crippen LogP contribution is 2.49. The number of rotatable bonds is 4. The fraction of sp³-hybridized carbons (Fsp3) is 0.385. The first-order valence-electron chi connectivity index (χ1n) is 11.9. The lowest BCUT2D eigenvalue weighted by atomic mass is 9.81. The molecule has 2 N–H and O–H groups in total. The largest absolute Gasteiger partial charge is 0.508 e. The first-order chi connectivity index (χ1) is 16.9. The van der Waals surface area contributed by atoms with E-state index in [4.69, 9.17) is 16.3 Å². The zero-order valence-corrected chi connectivity index (χ0v) is 20.2. The van der Waals surface area contributed by atoms with Crippen LogP contribution in [0.25, 0.3) is 10.9 Å². The van der Waals surface area contributed by atoms with Crippen molar-refractivity contribution in [2.24, 2.45) is 0 Å². The van der Waals surface area contributed by atoms with E-state index < -0.39 is 11.6 Å². The summed E-state index contributed by atoms with van der Waals surface area (Å²) in [5.74, 6) is -0.0828. The van der Waals surface area contributed by atoms with Gasteiger partial charge in [-0.1, -0.05) is 23.7 Å². The van der Waals surface area contributed by atoms with Crippen LogP contribution in [0.15, 0.2) is 42.5 Å². The Labute approximate surface area is 208 Å². The van der Waals surface area contributed by atoms with Crippen LogP contribution in [0.5, 0.6) is 5.75 Å². The third-order valence-electron chi connectivity index (χ3n) is 7.56. The van der Waals surface area contributed by atoms with Gasteiger partial charge in [0.05, 0.1) is 13.2 Å². The molecule has 3 amide bonds. The number of morpholine rings is 1. The molecular weight excluding hydrogens is 468 g/mol. The Morgan fingerprint density at radius 2 is 1.94 bits per heavy atom. The maximum atomic E-state index is 13.9. The third-order valence-corrected chi connectivity index (χ3v) is 7.79. The molecule has 0 aliphatic carbocycles. The van der Waals surface area contributed by atoms with Gasteiger partial charge in [0, 0.05) is 54.2 Å². The number of aromatic nitrogens is 1. The molecule has 2 fully saturated rings. The number of urea groups is 1. The average molecular weight is 495 g/mol. The number of halogens is 1. The van der Waals surface area contributed by atoms with Gasteiger partial charge in [-0.25, -0.2) is 4.79 Å². The minimum atomic E-state index is -1.05. The summed E-state index contributed by atoms with van der Waals surface area (Å²) >= 11 is 6.33. The second-order valence-electron chi connectivity index (χ2n) is 9.72. The predicted octanol–water partition coefficient (Wildman–Crippen LogP) is 3.53. The predicted molar refractivity (Wildman–Crippen MR) is 132 cm³/mol. The zero-order chi connectivity index (χ0) is 24.3. The summed E-state index contributed by atoms with van der Waals surface area (Å²) in [5.41, 5.74) is 2.42. The number of amides is 3. The van der Waals surface area contributed by atoms with Crippen molar-refractivity contribution < 1.29 is 19.4 Å².